The predicted molar refractivity (Wildman–Crippen MR) is 131 cm³/mol. The minimum absolute atomic E-state index is 0.165. The van der Waals surface area contributed by atoms with Crippen LogP contribution >= 0.6 is 11.9 Å². The number of aliphatic hydroxyl groups is 1. The van der Waals surface area contributed by atoms with Crippen molar-refractivity contribution in [3.05, 3.63) is 65.2 Å². The zero-order valence-corrected chi connectivity index (χ0v) is 21.2. The number of benzene rings is 2. The number of hydrogen-bond acceptors (Lipinski definition) is 5. The lowest BCUT2D eigenvalue weighted by molar-refractivity contribution is -0.137. The molecule has 3 atom stereocenters. The molecule has 1 amide bonds. The maximum atomic E-state index is 13.3. The summed E-state index contributed by atoms with van der Waals surface area (Å²) in [6.45, 7) is 8.07. The van der Waals surface area contributed by atoms with Gasteiger partial charge in [0.05, 0.1) is 17.7 Å². The van der Waals surface area contributed by atoms with Crippen LogP contribution in [0.4, 0.5) is 18.0 Å². The average molecular weight is 511 g/mol. The number of hydrogen-bond donors (Lipinski definition) is 2. The standard InChI is InChI=1S/C26H33F3N2O3S/c1-17-12-19-10-11-20(26(27,28)29)14-23(19)35-31(15-17)16-22(32)21(13-18-8-6-5-7-9-18)30-24(33)34-25(2,3)4/h5-11,14,17,21-22,32H,12-13,15-16H2,1-4H3,(H,30,33)/t17-,21+,22-/m1/s1. The number of nitrogens with one attached hydrogen (secondary N) is 1. The van der Waals surface area contributed by atoms with Gasteiger partial charge in [0.25, 0.3) is 0 Å². The highest BCUT2D eigenvalue weighted by atomic mass is 32.2. The molecule has 2 N–H and O–H groups in total. The van der Waals surface area contributed by atoms with Gasteiger partial charge >= 0.3 is 12.3 Å². The van der Waals surface area contributed by atoms with Gasteiger partial charge in [0.1, 0.15) is 5.60 Å². The monoisotopic (exact) mass is 510 g/mol. The number of fused-ring (bicyclic) bond motifs is 1. The predicted octanol–water partition coefficient (Wildman–Crippen LogP) is 5.70. The van der Waals surface area contributed by atoms with E-state index in [4.69, 9.17) is 4.74 Å². The highest BCUT2D eigenvalue weighted by Crippen LogP contribution is 2.38. The van der Waals surface area contributed by atoms with Crippen molar-refractivity contribution in [2.45, 2.75) is 69.4 Å². The van der Waals surface area contributed by atoms with E-state index >= 15 is 0 Å². The van der Waals surface area contributed by atoms with Crippen molar-refractivity contribution in [3.8, 4) is 0 Å². The van der Waals surface area contributed by atoms with Crippen LogP contribution in [0, 0.1) is 5.92 Å². The number of carbonyl (C=O) groups is 1. The summed E-state index contributed by atoms with van der Waals surface area (Å²) >= 11 is 1.22. The molecule has 0 saturated carbocycles. The Hall–Kier alpha value is -2.23. The third-order valence-electron chi connectivity index (χ3n) is 5.56. The van der Waals surface area contributed by atoms with Crippen molar-refractivity contribution in [3.63, 3.8) is 0 Å². The molecule has 5 nitrogen and oxygen atoms in total. The second-order valence-corrected chi connectivity index (χ2v) is 11.2. The second kappa shape index (κ2) is 11.2. The Kier molecular flexibility index (Phi) is 8.77. The molecule has 3 rings (SSSR count). The van der Waals surface area contributed by atoms with Crippen LogP contribution in [0.5, 0.6) is 0 Å². The molecule has 0 unspecified atom stereocenters. The van der Waals surface area contributed by atoms with Crippen LogP contribution in [0.3, 0.4) is 0 Å². The average Bonchev–Trinajstić information content (AvgIpc) is 2.88. The van der Waals surface area contributed by atoms with Crippen molar-refractivity contribution >= 4 is 18.0 Å². The highest BCUT2D eigenvalue weighted by molar-refractivity contribution is 7.97. The smallest absolute Gasteiger partial charge is 0.416 e. The fraction of sp³-hybridized carbons (Fsp3) is 0.500. The van der Waals surface area contributed by atoms with Crippen LogP contribution in [-0.4, -0.2) is 46.3 Å². The van der Waals surface area contributed by atoms with Gasteiger partial charge in [0.2, 0.25) is 0 Å². The molecule has 9 heteroatoms. The quantitative estimate of drug-likeness (QED) is 0.488. The van der Waals surface area contributed by atoms with Crippen LogP contribution in [0.2, 0.25) is 0 Å². The molecular weight excluding hydrogens is 477 g/mol. The number of β-amino-alcohol motifs (C(OH)–C–C–N with tert-alkyl or cyclic N) is 1. The molecule has 35 heavy (non-hydrogen) atoms. The first-order valence-corrected chi connectivity index (χ1v) is 12.4. The third kappa shape index (κ3) is 8.44. The molecule has 0 fully saturated rings. The topological polar surface area (TPSA) is 61.8 Å². The number of carbonyl (C=O) groups excluding carboxylic acids is 1. The number of alkyl carbamates (subject to hydrolysis) is 1. The molecule has 1 aliphatic rings. The summed E-state index contributed by atoms with van der Waals surface area (Å²) in [5.41, 5.74) is 0.416. The van der Waals surface area contributed by atoms with E-state index in [1.165, 1.54) is 18.0 Å². The van der Waals surface area contributed by atoms with Gasteiger partial charge in [0.15, 0.2) is 0 Å². The fourth-order valence-electron chi connectivity index (χ4n) is 4.01. The third-order valence-corrected chi connectivity index (χ3v) is 6.69. The van der Waals surface area contributed by atoms with Gasteiger partial charge in [-0.2, -0.15) is 13.2 Å². The van der Waals surface area contributed by atoms with E-state index in [1.807, 2.05) is 41.6 Å². The normalized spacial score (nSPS) is 18.8. The molecule has 0 spiro atoms. The number of ether oxygens (including phenoxy) is 1. The van der Waals surface area contributed by atoms with E-state index in [-0.39, 0.29) is 12.5 Å². The molecule has 2 aromatic carbocycles. The molecule has 0 saturated heterocycles. The lowest BCUT2D eigenvalue weighted by atomic mass is 9.99. The number of nitrogens with zero attached hydrogens (tertiary/aromatic N) is 1. The van der Waals surface area contributed by atoms with Crippen LogP contribution in [0.15, 0.2) is 53.4 Å². The molecule has 1 heterocycles. The summed E-state index contributed by atoms with van der Waals surface area (Å²) in [6, 6.07) is 12.7. The molecule has 2 aromatic rings. The van der Waals surface area contributed by atoms with Gasteiger partial charge in [0, 0.05) is 18.0 Å². The van der Waals surface area contributed by atoms with E-state index in [9.17, 15) is 23.1 Å². The number of amides is 1. The van der Waals surface area contributed by atoms with Gasteiger partial charge < -0.3 is 15.2 Å². The zero-order valence-electron chi connectivity index (χ0n) is 20.4. The molecule has 1 aliphatic heterocycles. The second-order valence-electron chi connectivity index (χ2n) is 10.1. The molecular formula is C26H33F3N2O3S. The molecule has 0 aliphatic carbocycles. The van der Waals surface area contributed by atoms with E-state index in [2.05, 4.69) is 5.32 Å². The van der Waals surface area contributed by atoms with Crippen molar-refractivity contribution in [2.24, 2.45) is 5.92 Å². The Morgan fingerprint density at radius 3 is 2.51 bits per heavy atom. The van der Waals surface area contributed by atoms with Crippen molar-refractivity contribution in [1.29, 1.82) is 0 Å². The number of rotatable bonds is 6. The SMILES string of the molecule is C[C@@H]1Cc2ccc(C(F)(F)F)cc2SN(C[C@@H](O)[C@H](Cc2ccccc2)NC(=O)OC(C)(C)C)C1. The van der Waals surface area contributed by atoms with Crippen LogP contribution in [0.1, 0.15) is 44.4 Å². The Morgan fingerprint density at radius 2 is 1.89 bits per heavy atom. The van der Waals surface area contributed by atoms with Crippen molar-refractivity contribution in [1.82, 2.24) is 9.62 Å². The van der Waals surface area contributed by atoms with E-state index < -0.39 is 35.6 Å². The van der Waals surface area contributed by atoms with Gasteiger partial charge in [-0.05, 0) is 74.7 Å². The Balaban J connectivity index is 1.78. The Labute approximate surface area is 209 Å². The van der Waals surface area contributed by atoms with Gasteiger partial charge in [-0.3, -0.25) is 0 Å². The summed E-state index contributed by atoms with van der Waals surface area (Å²) in [4.78, 5) is 13.0. The number of alkyl halides is 3. The fourth-order valence-corrected chi connectivity index (χ4v) is 5.29. The molecule has 0 bridgehead atoms. The maximum absolute atomic E-state index is 13.3. The lowest BCUT2D eigenvalue weighted by Gasteiger charge is -2.30. The van der Waals surface area contributed by atoms with E-state index in [0.717, 1.165) is 17.2 Å². The Morgan fingerprint density at radius 1 is 1.20 bits per heavy atom. The molecule has 0 aromatic heterocycles. The minimum atomic E-state index is -4.42. The summed E-state index contributed by atoms with van der Waals surface area (Å²) in [5.74, 6) is 0.180. The highest BCUT2D eigenvalue weighted by Gasteiger charge is 2.33. The minimum Gasteiger partial charge on any atom is -0.444 e. The van der Waals surface area contributed by atoms with E-state index in [0.29, 0.717) is 24.3 Å². The largest absolute Gasteiger partial charge is 0.444 e. The van der Waals surface area contributed by atoms with Gasteiger partial charge in [-0.25, -0.2) is 9.10 Å². The Bertz CT molecular complexity index is 996. The van der Waals surface area contributed by atoms with Crippen LogP contribution in [-0.2, 0) is 23.8 Å². The maximum Gasteiger partial charge on any atom is 0.416 e. The molecule has 192 valence electrons. The summed E-state index contributed by atoms with van der Waals surface area (Å²) < 4.78 is 47.1. The van der Waals surface area contributed by atoms with Crippen LogP contribution in [0.25, 0.3) is 0 Å². The summed E-state index contributed by atoms with van der Waals surface area (Å²) in [5, 5.41) is 14.0. The van der Waals surface area contributed by atoms with Crippen molar-refractivity contribution in [2.75, 3.05) is 13.1 Å². The summed E-state index contributed by atoms with van der Waals surface area (Å²) in [6.07, 6.45) is -5.00. The first-order valence-electron chi connectivity index (χ1n) is 11.6. The van der Waals surface area contributed by atoms with Gasteiger partial charge in [-0.1, -0.05) is 43.3 Å². The molecule has 0 radical (unpaired) electrons. The first-order chi connectivity index (χ1) is 16.3. The first kappa shape index (κ1) is 27.4. The number of halogens is 3. The van der Waals surface area contributed by atoms with Crippen LogP contribution < -0.4 is 5.32 Å². The van der Waals surface area contributed by atoms with Crippen molar-refractivity contribution < 1.29 is 27.8 Å². The summed E-state index contributed by atoms with van der Waals surface area (Å²) in [7, 11) is 0. The lowest BCUT2D eigenvalue weighted by Crippen LogP contribution is -2.50. The zero-order chi connectivity index (χ0) is 25.8. The van der Waals surface area contributed by atoms with Gasteiger partial charge in [-0.15, -0.1) is 0 Å². The van der Waals surface area contributed by atoms with E-state index in [1.54, 1.807) is 26.8 Å². The number of aliphatic hydroxyl groups excluding tert-OH is 1.